The number of esters is 1. The molecule has 2 aromatic heterocycles. The first-order chi connectivity index (χ1) is 12.1. The van der Waals surface area contributed by atoms with Gasteiger partial charge in [0.2, 0.25) is 5.76 Å². The molecule has 0 saturated carbocycles. The van der Waals surface area contributed by atoms with Crippen LogP contribution in [0.4, 0.5) is 5.69 Å². The topological polar surface area (TPSA) is 86.4 Å². The number of carbonyl (C=O) groups excluding carboxylic acids is 2. The first kappa shape index (κ1) is 17.0. The normalized spacial score (nSPS) is 10.4. The Morgan fingerprint density at radius 2 is 2.00 bits per heavy atom. The molecule has 7 nitrogen and oxygen atoms in total. The van der Waals surface area contributed by atoms with Crippen molar-refractivity contribution < 1.29 is 18.7 Å². The molecule has 1 amide bonds. The van der Waals surface area contributed by atoms with Crippen molar-refractivity contribution in [1.29, 1.82) is 0 Å². The van der Waals surface area contributed by atoms with Gasteiger partial charge in [-0.05, 0) is 42.5 Å². The molecule has 2 heterocycles. The Morgan fingerprint density at radius 3 is 2.72 bits per heavy atom. The molecular weight excluding hydrogens is 390 g/mol. The van der Waals surface area contributed by atoms with Gasteiger partial charge in [0.15, 0.2) is 6.61 Å². The largest absolute Gasteiger partial charge is 0.452 e. The third kappa shape index (κ3) is 4.80. The summed E-state index contributed by atoms with van der Waals surface area (Å²) in [7, 11) is 0. The molecule has 1 aromatic carbocycles. The molecule has 0 fully saturated rings. The number of hydrogen-bond donors (Lipinski definition) is 1. The van der Waals surface area contributed by atoms with E-state index in [9.17, 15) is 9.59 Å². The van der Waals surface area contributed by atoms with Gasteiger partial charge >= 0.3 is 5.97 Å². The predicted octanol–water partition coefficient (Wildman–Crippen LogP) is 3.08. The van der Waals surface area contributed by atoms with Gasteiger partial charge in [-0.15, -0.1) is 0 Å². The molecular formula is C17H14BrN3O4. The first-order valence-corrected chi connectivity index (χ1v) is 8.18. The lowest BCUT2D eigenvalue weighted by atomic mass is 10.3. The van der Waals surface area contributed by atoms with Crippen molar-refractivity contribution in [2.75, 3.05) is 11.9 Å². The van der Waals surface area contributed by atoms with Gasteiger partial charge in [0.05, 0.1) is 6.54 Å². The highest BCUT2D eigenvalue weighted by Gasteiger charge is 2.15. The van der Waals surface area contributed by atoms with Gasteiger partial charge < -0.3 is 14.5 Å². The van der Waals surface area contributed by atoms with Crippen molar-refractivity contribution in [3.63, 3.8) is 0 Å². The van der Waals surface area contributed by atoms with E-state index < -0.39 is 18.5 Å². The van der Waals surface area contributed by atoms with Crippen LogP contribution in [0.5, 0.6) is 0 Å². The van der Waals surface area contributed by atoms with E-state index in [2.05, 4.69) is 26.3 Å². The second-order valence-corrected chi connectivity index (χ2v) is 6.02. The number of furan rings is 1. The molecule has 0 aliphatic heterocycles. The fourth-order valence-electron chi connectivity index (χ4n) is 2.06. The molecule has 0 saturated heterocycles. The fraction of sp³-hybridized carbons (Fsp3) is 0.118. The quantitative estimate of drug-likeness (QED) is 0.639. The monoisotopic (exact) mass is 403 g/mol. The van der Waals surface area contributed by atoms with Gasteiger partial charge in [-0.25, -0.2) is 4.79 Å². The average molecular weight is 404 g/mol. The minimum absolute atomic E-state index is 0.0404. The average Bonchev–Trinajstić information content (AvgIpc) is 3.27. The van der Waals surface area contributed by atoms with Gasteiger partial charge in [0, 0.05) is 22.6 Å². The van der Waals surface area contributed by atoms with E-state index >= 15 is 0 Å². The smallest absolute Gasteiger partial charge is 0.374 e. The van der Waals surface area contributed by atoms with Crippen LogP contribution in [0, 0.1) is 0 Å². The number of hydrogen-bond acceptors (Lipinski definition) is 5. The van der Waals surface area contributed by atoms with Crippen LogP contribution in [0.25, 0.3) is 0 Å². The molecule has 8 heteroatoms. The third-order valence-corrected chi connectivity index (χ3v) is 3.73. The second-order valence-electron chi connectivity index (χ2n) is 5.10. The Morgan fingerprint density at radius 1 is 1.20 bits per heavy atom. The molecule has 0 radical (unpaired) electrons. The van der Waals surface area contributed by atoms with Gasteiger partial charge in [-0.3, -0.25) is 9.48 Å². The van der Waals surface area contributed by atoms with Crippen LogP contribution in [0.15, 0.2) is 63.7 Å². The highest BCUT2D eigenvalue weighted by Crippen LogP contribution is 2.14. The summed E-state index contributed by atoms with van der Waals surface area (Å²) in [6, 6.07) is 12.0. The van der Waals surface area contributed by atoms with E-state index in [-0.39, 0.29) is 5.76 Å². The van der Waals surface area contributed by atoms with Crippen LogP contribution >= 0.6 is 15.9 Å². The summed E-state index contributed by atoms with van der Waals surface area (Å²) in [5.74, 6) is -0.523. The zero-order valence-corrected chi connectivity index (χ0v) is 14.6. The summed E-state index contributed by atoms with van der Waals surface area (Å²) in [4.78, 5) is 23.7. The maximum atomic E-state index is 11.9. The number of ether oxygens (including phenoxy) is 1. The number of benzene rings is 1. The van der Waals surface area contributed by atoms with Crippen LogP contribution in [-0.2, 0) is 16.1 Å². The van der Waals surface area contributed by atoms with Gasteiger partial charge in [-0.1, -0.05) is 15.9 Å². The Kier molecular flexibility index (Phi) is 5.30. The molecule has 0 spiro atoms. The highest BCUT2D eigenvalue weighted by molar-refractivity contribution is 9.10. The molecule has 0 atom stereocenters. The van der Waals surface area contributed by atoms with E-state index in [1.54, 1.807) is 53.5 Å². The number of nitrogens with zero attached hydrogens (tertiary/aromatic N) is 2. The zero-order valence-electron chi connectivity index (χ0n) is 13.0. The van der Waals surface area contributed by atoms with Crippen LogP contribution in [-0.4, -0.2) is 28.3 Å². The summed E-state index contributed by atoms with van der Waals surface area (Å²) in [5.41, 5.74) is 0.615. The molecule has 0 aliphatic carbocycles. The molecule has 0 aliphatic rings. The van der Waals surface area contributed by atoms with Crippen molar-refractivity contribution >= 4 is 33.5 Å². The van der Waals surface area contributed by atoms with Crippen molar-refractivity contribution in [2.24, 2.45) is 0 Å². The minimum Gasteiger partial charge on any atom is -0.452 e. The van der Waals surface area contributed by atoms with Crippen LogP contribution in [0.3, 0.4) is 0 Å². The first-order valence-electron chi connectivity index (χ1n) is 7.39. The number of halogens is 1. The molecule has 25 heavy (non-hydrogen) atoms. The Bertz CT molecular complexity index is 856. The van der Waals surface area contributed by atoms with Gasteiger partial charge in [-0.2, -0.15) is 5.10 Å². The number of amides is 1. The molecule has 128 valence electrons. The summed E-state index contributed by atoms with van der Waals surface area (Å²) in [6.45, 7) is 0.00835. The lowest BCUT2D eigenvalue weighted by molar-refractivity contribution is -0.119. The van der Waals surface area contributed by atoms with Crippen LogP contribution in [0.2, 0.25) is 0 Å². The molecule has 3 aromatic rings. The standard InChI is InChI=1S/C17H14BrN3O4/c18-12-2-4-13(5-3-12)20-16(22)11-24-17(23)15-7-6-14(25-15)10-21-9-1-8-19-21/h1-9H,10-11H2,(H,20,22). The Labute approximate surface area is 151 Å². The summed E-state index contributed by atoms with van der Waals surface area (Å²) < 4.78 is 12.9. The van der Waals surface area contributed by atoms with E-state index in [0.717, 1.165) is 4.47 Å². The maximum Gasteiger partial charge on any atom is 0.374 e. The van der Waals surface area contributed by atoms with E-state index in [4.69, 9.17) is 9.15 Å². The lowest BCUT2D eigenvalue weighted by Gasteiger charge is -2.05. The summed E-state index contributed by atoms with van der Waals surface area (Å²) >= 11 is 3.31. The Balaban J connectivity index is 1.49. The number of aromatic nitrogens is 2. The Hall–Kier alpha value is -2.87. The van der Waals surface area contributed by atoms with Crippen molar-refractivity contribution in [3.8, 4) is 0 Å². The second kappa shape index (κ2) is 7.80. The minimum atomic E-state index is -0.697. The van der Waals surface area contributed by atoms with Crippen molar-refractivity contribution in [2.45, 2.75) is 6.54 Å². The third-order valence-electron chi connectivity index (χ3n) is 3.20. The zero-order chi connectivity index (χ0) is 17.6. The molecule has 0 bridgehead atoms. The van der Waals surface area contributed by atoms with E-state index in [1.165, 1.54) is 6.07 Å². The molecule has 3 rings (SSSR count). The summed E-state index contributed by atoms with van der Waals surface area (Å²) in [6.07, 6.45) is 3.44. The van der Waals surface area contributed by atoms with E-state index in [0.29, 0.717) is 18.0 Å². The van der Waals surface area contributed by atoms with Crippen LogP contribution < -0.4 is 5.32 Å². The van der Waals surface area contributed by atoms with Crippen molar-refractivity contribution in [1.82, 2.24) is 9.78 Å². The highest BCUT2D eigenvalue weighted by atomic mass is 79.9. The molecule has 1 N–H and O–H groups in total. The van der Waals surface area contributed by atoms with Gasteiger partial charge in [0.1, 0.15) is 5.76 Å². The van der Waals surface area contributed by atoms with Crippen LogP contribution in [0.1, 0.15) is 16.3 Å². The lowest BCUT2D eigenvalue weighted by Crippen LogP contribution is -2.20. The van der Waals surface area contributed by atoms with E-state index in [1.807, 2.05) is 0 Å². The molecule has 0 unspecified atom stereocenters. The number of anilines is 1. The van der Waals surface area contributed by atoms with Gasteiger partial charge in [0.25, 0.3) is 5.91 Å². The number of carbonyl (C=O) groups is 2. The summed E-state index contributed by atoms with van der Waals surface area (Å²) in [5, 5.41) is 6.69. The van der Waals surface area contributed by atoms with Crippen molar-refractivity contribution in [3.05, 3.63) is 70.9 Å². The maximum absolute atomic E-state index is 11.9. The number of rotatable bonds is 6. The predicted molar refractivity (Wildman–Crippen MR) is 93.1 cm³/mol. The number of nitrogens with one attached hydrogen (secondary N) is 1. The fourth-order valence-corrected chi connectivity index (χ4v) is 2.32. The SMILES string of the molecule is O=C(COC(=O)c1ccc(Cn2cccn2)o1)Nc1ccc(Br)cc1.